The molecule has 1 aliphatic carbocycles. The summed E-state index contributed by atoms with van der Waals surface area (Å²) >= 11 is 0. The monoisotopic (exact) mass is 221 g/mol. The van der Waals surface area contributed by atoms with Crippen LogP contribution in [0.1, 0.15) is 52.4 Å². The molecule has 0 amide bonds. The van der Waals surface area contributed by atoms with Crippen molar-refractivity contribution in [1.29, 1.82) is 0 Å². The van der Waals surface area contributed by atoms with Gasteiger partial charge < -0.3 is 5.32 Å². The highest BCUT2D eigenvalue weighted by molar-refractivity contribution is 4.85. The third-order valence-electron chi connectivity index (χ3n) is 3.95. The molecule has 3 atom stereocenters. The second-order valence-corrected chi connectivity index (χ2v) is 5.34. The van der Waals surface area contributed by atoms with Gasteiger partial charge in [0.05, 0.1) is 0 Å². The van der Waals surface area contributed by atoms with E-state index in [1.165, 1.54) is 38.6 Å². The molecular weight excluding hydrogens is 194 g/mol. The van der Waals surface area contributed by atoms with Gasteiger partial charge >= 0.3 is 0 Å². The third kappa shape index (κ3) is 4.58. The van der Waals surface area contributed by atoms with Crippen molar-refractivity contribution in [3.8, 4) is 12.3 Å². The zero-order valence-electron chi connectivity index (χ0n) is 11.0. The summed E-state index contributed by atoms with van der Waals surface area (Å²) in [5.74, 6) is 5.50. The molecule has 1 aliphatic rings. The largest absolute Gasteiger partial charge is 0.317 e. The topological polar surface area (TPSA) is 12.0 Å². The lowest BCUT2D eigenvalue weighted by atomic mass is 9.72. The van der Waals surface area contributed by atoms with Gasteiger partial charge in [-0.25, -0.2) is 0 Å². The molecule has 1 N–H and O–H groups in total. The summed E-state index contributed by atoms with van der Waals surface area (Å²) in [7, 11) is 0. The van der Waals surface area contributed by atoms with E-state index in [9.17, 15) is 0 Å². The number of hydrogen-bond donors (Lipinski definition) is 1. The van der Waals surface area contributed by atoms with Crippen molar-refractivity contribution in [2.45, 2.75) is 52.4 Å². The molecule has 16 heavy (non-hydrogen) atoms. The molecule has 0 saturated heterocycles. The van der Waals surface area contributed by atoms with Crippen LogP contribution in [0.25, 0.3) is 0 Å². The van der Waals surface area contributed by atoms with Crippen molar-refractivity contribution < 1.29 is 0 Å². The first-order chi connectivity index (χ1) is 7.77. The molecule has 0 heterocycles. The molecule has 0 radical (unpaired) electrons. The highest BCUT2D eigenvalue weighted by Gasteiger charge is 2.27. The number of nitrogens with one attached hydrogen (secondary N) is 1. The highest BCUT2D eigenvalue weighted by Crippen LogP contribution is 2.36. The molecule has 1 heteroatoms. The number of rotatable bonds is 6. The molecule has 0 aromatic heterocycles. The first-order valence-corrected chi connectivity index (χ1v) is 6.92. The maximum atomic E-state index is 5.32. The van der Waals surface area contributed by atoms with Gasteiger partial charge in [-0.05, 0) is 56.5 Å². The van der Waals surface area contributed by atoms with Gasteiger partial charge in [-0.3, -0.25) is 0 Å². The van der Waals surface area contributed by atoms with Crippen molar-refractivity contribution >= 4 is 0 Å². The maximum absolute atomic E-state index is 5.32. The predicted octanol–water partition coefficient (Wildman–Crippen LogP) is 3.45. The van der Waals surface area contributed by atoms with Crippen LogP contribution in [0, 0.1) is 30.1 Å². The van der Waals surface area contributed by atoms with Crippen molar-refractivity contribution in [3.63, 3.8) is 0 Å². The molecule has 0 bridgehead atoms. The standard InChI is InChI=1S/C15H27N/c1-4-6-7-8-14-11-13(3)9-10-15(14)12-16-5-2/h1,13-16H,5-12H2,2-3H3. The molecule has 1 saturated carbocycles. The van der Waals surface area contributed by atoms with Gasteiger partial charge in [0, 0.05) is 6.42 Å². The summed E-state index contributed by atoms with van der Waals surface area (Å²) in [6.45, 7) is 6.91. The smallest absolute Gasteiger partial charge is 0.00861 e. The SMILES string of the molecule is C#CCCCC1CC(C)CCC1CNCC. The average molecular weight is 221 g/mol. The Morgan fingerprint density at radius 1 is 1.31 bits per heavy atom. The number of unbranched alkanes of at least 4 members (excludes halogenated alkanes) is 1. The Labute approximate surface area is 101 Å². The van der Waals surface area contributed by atoms with Crippen LogP contribution in [0.3, 0.4) is 0 Å². The van der Waals surface area contributed by atoms with Gasteiger partial charge in [0.25, 0.3) is 0 Å². The third-order valence-corrected chi connectivity index (χ3v) is 3.95. The van der Waals surface area contributed by atoms with E-state index in [0.29, 0.717) is 0 Å². The van der Waals surface area contributed by atoms with Gasteiger partial charge in [0.2, 0.25) is 0 Å². The first kappa shape index (κ1) is 13.6. The summed E-state index contributed by atoms with van der Waals surface area (Å²) in [6, 6.07) is 0. The minimum atomic E-state index is 0.897. The second kappa shape index (κ2) is 7.74. The molecule has 92 valence electrons. The zero-order chi connectivity index (χ0) is 11.8. The zero-order valence-corrected chi connectivity index (χ0v) is 11.0. The van der Waals surface area contributed by atoms with Gasteiger partial charge in [-0.2, -0.15) is 0 Å². The molecule has 0 aliphatic heterocycles. The van der Waals surface area contributed by atoms with Crippen LogP contribution in [0.4, 0.5) is 0 Å². The van der Waals surface area contributed by atoms with Crippen molar-refractivity contribution in [3.05, 3.63) is 0 Å². The quantitative estimate of drug-likeness (QED) is 0.535. The molecule has 0 spiro atoms. The lowest BCUT2D eigenvalue weighted by Gasteiger charge is -2.35. The van der Waals surface area contributed by atoms with Crippen LogP contribution < -0.4 is 5.32 Å². The maximum Gasteiger partial charge on any atom is 0.00861 e. The number of hydrogen-bond acceptors (Lipinski definition) is 1. The Bertz CT molecular complexity index is 214. The van der Waals surface area contributed by atoms with Crippen LogP contribution in [0.2, 0.25) is 0 Å². The highest BCUT2D eigenvalue weighted by atomic mass is 14.8. The Balaban J connectivity index is 2.35. The fourth-order valence-corrected chi connectivity index (χ4v) is 2.98. The van der Waals surface area contributed by atoms with E-state index in [1.807, 2.05) is 0 Å². The Morgan fingerprint density at radius 3 is 2.81 bits per heavy atom. The Hall–Kier alpha value is -0.480. The van der Waals surface area contributed by atoms with Crippen LogP contribution in [0.15, 0.2) is 0 Å². The number of terminal acetylenes is 1. The van der Waals surface area contributed by atoms with Crippen LogP contribution in [-0.4, -0.2) is 13.1 Å². The molecule has 3 unspecified atom stereocenters. The fourth-order valence-electron chi connectivity index (χ4n) is 2.98. The van der Waals surface area contributed by atoms with Gasteiger partial charge in [0.15, 0.2) is 0 Å². The lowest BCUT2D eigenvalue weighted by molar-refractivity contribution is 0.173. The van der Waals surface area contributed by atoms with Crippen molar-refractivity contribution in [1.82, 2.24) is 5.32 Å². The van der Waals surface area contributed by atoms with Crippen LogP contribution >= 0.6 is 0 Å². The second-order valence-electron chi connectivity index (χ2n) is 5.34. The molecule has 1 nitrogen and oxygen atoms in total. The van der Waals surface area contributed by atoms with Crippen molar-refractivity contribution in [2.24, 2.45) is 17.8 Å². The summed E-state index contributed by atoms with van der Waals surface area (Å²) in [5.41, 5.74) is 0. The summed E-state index contributed by atoms with van der Waals surface area (Å²) in [4.78, 5) is 0. The minimum Gasteiger partial charge on any atom is -0.317 e. The van der Waals surface area contributed by atoms with Crippen LogP contribution in [-0.2, 0) is 0 Å². The molecular formula is C15H27N. The average Bonchev–Trinajstić information content (AvgIpc) is 2.28. The van der Waals surface area contributed by atoms with E-state index in [-0.39, 0.29) is 0 Å². The van der Waals surface area contributed by atoms with Gasteiger partial charge in [-0.15, -0.1) is 12.3 Å². The lowest BCUT2D eigenvalue weighted by Crippen LogP contribution is -2.32. The van der Waals surface area contributed by atoms with E-state index in [2.05, 4.69) is 25.1 Å². The summed E-state index contributed by atoms with van der Waals surface area (Å²) in [5, 5.41) is 3.51. The van der Waals surface area contributed by atoms with E-state index < -0.39 is 0 Å². The molecule has 1 rings (SSSR count). The van der Waals surface area contributed by atoms with E-state index in [1.54, 1.807) is 0 Å². The predicted molar refractivity (Wildman–Crippen MR) is 71.2 cm³/mol. The molecule has 0 aromatic rings. The Morgan fingerprint density at radius 2 is 2.12 bits per heavy atom. The van der Waals surface area contributed by atoms with Gasteiger partial charge in [0.1, 0.15) is 0 Å². The van der Waals surface area contributed by atoms with Crippen molar-refractivity contribution in [2.75, 3.05) is 13.1 Å². The van der Waals surface area contributed by atoms with E-state index in [4.69, 9.17) is 6.42 Å². The molecule has 0 aromatic carbocycles. The molecule has 1 fully saturated rings. The fraction of sp³-hybridized carbons (Fsp3) is 0.867. The first-order valence-electron chi connectivity index (χ1n) is 6.92. The van der Waals surface area contributed by atoms with E-state index >= 15 is 0 Å². The van der Waals surface area contributed by atoms with Gasteiger partial charge in [-0.1, -0.05) is 20.3 Å². The Kier molecular flexibility index (Phi) is 6.57. The minimum absolute atomic E-state index is 0.897. The normalized spacial score (nSPS) is 29.9. The van der Waals surface area contributed by atoms with E-state index in [0.717, 1.165) is 30.7 Å². The summed E-state index contributed by atoms with van der Waals surface area (Å²) in [6.07, 6.45) is 13.1. The van der Waals surface area contributed by atoms with Crippen LogP contribution in [0.5, 0.6) is 0 Å². The summed E-state index contributed by atoms with van der Waals surface area (Å²) < 4.78 is 0.